The van der Waals surface area contributed by atoms with E-state index in [1.807, 2.05) is 18.2 Å². The van der Waals surface area contributed by atoms with Crippen LogP contribution in [0.25, 0.3) is 0 Å². The van der Waals surface area contributed by atoms with Gasteiger partial charge in [0, 0.05) is 23.6 Å². The predicted octanol–water partition coefficient (Wildman–Crippen LogP) is 2.72. The lowest BCUT2D eigenvalue weighted by atomic mass is 10.2. The van der Waals surface area contributed by atoms with E-state index < -0.39 is 0 Å². The molecular weight excluding hydrogens is 206 g/mol. The number of rotatable bonds is 6. The van der Waals surface area contributed by atoms with E-state index in [9.17, 15) is 4.79 Å². The first-order valence-electron chi connectivity index (χ1n) is 5.25. The van der Waals surface area contributed by atoms with E-state index in [1.165, 1.54) is 0 Å². The fourth-order valence-electron chi connectivity index (χ4n) is 1.11. The van der Waals surface area contributed by atoms with Crippen molar-refractivity contribution in [2.75, 3.05) is 5.75 Å². The van der Waals surface area contributed by atoms with E-state index in [0.29, 0.717) is 17.4 Å². The van der Waals surface area contributed by atoms with E-state index >= 15 is 0 Å². The van der Waals surface area contributed by atoms with E-state index in [1.54, 1.807) is 18.0 Å². The molecule has 0 bridgehead atoms. The van der Waals surface area contributed by atoms with E-state index in [4.69, 9.17) is 0 Å². The van der Waals surface area contributed by atoms with Crippen molar-refractivity contribution in [1.82, 2.24) is 4.98 Å². The predicted molar refractivity (Wildman–Crippen MR) is 65.2 cm³/mol. The van der Waals surface area contributed by atoms with Gasteiger partial charge in [0.1, 0.15) is 5.78 Å². The van der Waals surface area contributed by atoms with Gasteiger partial charge in [0.05, 0.1) is 5.75 Å². The summed E-state index contributed by atoms with van der Waals surface area (Å²) in [6.07, 6.45) is 3.30. The van der Waals surface area contributed by atoms with Gasteiger partial charge in [-0.1, -0.05) is 19.9 Å². The zero-order chi connectivity index (χ0) is 11.1. The van der Waals surface area contributed by atoms with Gasteiger partial charge in [-0.15, -0.1) is 0 Å². The average molecular weight is 223 g/mol. The van der Waals surface area contributed by atoms with Gasteiger partial charge < -0.3 is 0 Å². The summed E-state index contributed by atoms with van der Waals surface area (Å²) in [7, 11) is 0. The molecule has 0 aliphatic rings. The van der Waals surface area contributed by atoms with Gasteiger partial charge >= 0.3 is 0 Å². The molecule has 0 aliphatic carbocycles. The Morgan fingerprint density at radius 3 is 2.93 bits per heavy atom. The molecule has 0 aliphatic heterocycles. The summed E-state index contributed by atoms with van der Waals surface area (Å²) in [6, 6.07) is 5.67. The lowest BCUT2D eigenvalue weighted by molar-refractivity contribution is -0.116. The van der Waals surface area contributed by atoms with Crippen LogP contribution in [-0.2, 0) is 11.2 Å². The normalized spacial score (nSPS) is 12.4. The highest BCUT2D eigenvalue weighted by Crippen LogP contribution is 2.13. The first-order chi connectivity index (χ1) is 7.22. The second kappa shape index (κ2) is 6.62. The highest BCUT2D eigenvalue weighted by molar-refractivity contribution is 8.00. The van der Waals surface area contributed by atoms with Crippen LogP contribution in [0, 0.1) is 0 Å². The van der Waals surface area contributed by atoms with Crippen LogP contribution in [0.5, 0.6) is 0 Å². The summed E-state index contributed by atoms with van der Waals surface area (Å²) in [6.45, 7) is 4.29. The standard InChI is InChI=1S/C12H17NOS/c1-3-10(2)15-9-12(14)8-11-6-4-5-7-13-11/h4-7,10H,3,8-9H2,1-2H3. The summed E-state index contributed by atoms with van der Waals surface area (Å²) < 4.78 is 0. The minimum atomic E-state index is 0.263. The molecule has 0 N–H and O–H groups in total. The maximum atomic E-state index is 11.6. The van der Waals surface area contributed by atoms with Crippen molar-refractivity contribution in [3.63, 3.8) is 0 Å². The quantitative estimate of drug-likeness (QED) is 0.742. The number of ketones is 1. The molecule has 15 heavy (non-hydrogen) atoms. The first kappa shape index (κ1) is 12.2. The Balaban J connectivity index is 2.31. The second-order valence-electron chi connectivity index (χ2n) is 3.57. The number of carbonyl (C=O) groups is 1. The molecule has 2 nitrogen and oxygen atoms in total. The SMILES string of the molecule is CCC(C)SCC(=O)Cc1ccccn1. The van der Waals surface area contributed by atoms with E-state index in [0.717, 1.165) is 12.1 Å². The van der Waals surface area contributed by atoms with Gasteiger partial charge in [-0.25, -0.2) is 0 Å². The molecule has 0 fully saturated rings. The molecule has 0 saturated carbocycles. The highest BCUT2D eigenvalue weighted by atomic mass is 32.2. The number of hydrogen-bond acceptors (Lipinski definition) is 3. The van der Waals surface area contributed by atoms with Gasteiger partial charge in [-0.2, -0.15) is 11.8 Å². The number of thioether (sulfide) groups is 1. The van der Waals surface area contributed by atoms with Crippen LogP contribution >= 0.6 is 11.8 Å². The number of pyridine rings is 1. The van der Waals surface area contributed by atoms with Crippen LogP contribution in [0.2, 0.25) is 0 Å². The number of nitrogens with zero attached hydrogens (tertiary/aromatic N) is 1. The maximum Gasteiger partial charge on any atom is 0.148 e. The van der Waals surface area contributed by atoms with Crippen LogP contribution in [0.15, 0.2) is 24.4 Å². The van der Waals surface area contributed by atoms with Crippen molar-refractivity contribution in [2.45, 2.75) is 31.9 Å². The van der Waals surface area contributed by atoms with Crippen LogP contribution in [0.1, 0.15) is 26.0 Å². The monoisotopic (exact) mass is 223 g/mol. The van der Waals surface area contributed by atoms with Gasteiger partial charge in [0.2, 0.25) is 0 Å². The van der Waals surface area contributed by atoms with Crippen LogP contribution in [0.3, 0.4) is 0 Å². The molecule has 0 saturated heterocycles. The molecule has 82 valence electrons. The molecule has 1 rings (SSSR count). The Kier molecular flexibility index (Phi) is 5.40. The fraction of sp³-hybridized carbons (Fsp3) is 0.500. The lowest BCUT2D eigenvalue weighted by Gasteiger charge is -2.06. The summed E-state index contributed by atoms with van der Waals surface area (Å²) in [5, 5.41) is 0.567. The minimum Gasteiger partial charge on any atom is -0.298 e. The minimum absolute atomic E-state index is 0.263. The zero-order valence-corrected chi connectivity index (χ0v) is 10.1. The summed E-state index contributed by atoms with van der Waals surface area (Å²) >= 11 is 1.73. The third-order valence-corrected chi connectivity index (χ3v) is 3.60. The molecule has 0 spiro atoms. The Morgan fingerprint density at radius 1 is 1.53 bits per heavy atom. The highest BCUT2D eigenvalue weighted by Gasteiger charge is 2.07. The molecule has 3 heteroatoms. The van der Waals surface area contributed by atoms with Gasteiger partial charge in [-0.05, 0) is 18.6 Å². The molecule has 1 aromatic rings. The van der Waals surface area contributed by atoms with Crippen LogP contribution in [0.4, 0.5) is 0 Å². The van der Waals surface area contributed by atoms with E-state index in [2.05, 4.69) is 18.8 Å². The van der Waals surface area contributed by atoms with Gasteiger partial charge in [-0.3, -0.25) is 9.78 Å². The number of carbonyl (C=O) groups excluding carboxylic acids is 1. The van der Waals surface area contributed by atoms with Crippen LogP contribution in [-0.4, -0.2) is 21.8 Å². The van der Waals surface area contributed by atoms with Crippen molar-refractivity contribution in [3.05, 3.63) is 30.1 Å². The van der Waals surface area contributed by atoms with Gasteiger partial charge in [0.25, 0.3) is 0 Å². The Labute approximate surface area is 95.5 Å². The van der Waals surface area contributed by atoms with Crippen molar-refractivity contribution in [1.29, 1.82) is 0 Å². The third-order valence-electron chi connectivity index (χ3n) is 2.21. The molecular formula is C12H17NOS. The molecule has 0 aromatic carbocycles. The largest absolute Gasteiger partial charge is 0.298 e. The van der Waals surface area contributed by atoms with Crippen molar-refractivity contribution in [3.8, 4) is 0 Å². The number of aromatic nitrogens is 1. The second-order valence-corrected chi connectivity index (χ2v) is 4.99. The summed E-state index contributed by atoms with van der Waals surface area (Å²) in [4.78, 5) is 15.7. The molecule has 1 atom stereocenters. The smallest absolute Gasteiger partial charge is 0.148 e. The maximum absolute atomic E-state index is 11.6. The summed E-state index contributed by atoms with van der Waals surface area (Å²) in [5.74, 6) is 0.866. The van der Waals surface area contributed by atoms with Crippen LogP contribution < -0.4 is 0 Å². The van der Waals surface area contributed by atoms with Crippen molar-refractivity contribution < 1.29 is 4.79 Å². The Hall–Kier alpha value is -0.830. The van der Waals surface area contributed by atoms with Crippen molar-refractivity contribution in [2.24, 2.45) is 0 Å². The lowest BCUT2D eigenvalue weighted by Crippen LogP contribution is -2.09. The first-order valence-corrected chi connectivity index (χ1v) is 6.30. The molecule has 1 unspecified atom stereocenters. The summed E-state index contributed by atoms with van der Waals surface area (Å²) in [5.41, 5.74) is 0.868. The third kappa shape index (κ3) is 4.98. The fourth-order valence-corrected chi connectivity index (χ4v) is 1.92. The Morgan fingerprint density at radius 2 is 2.33 bits per heavy atom. The number of hydrogen-bond donors (Lipinski definition) is 0. The Bertz CT molecular complexity index is 300. The zero-order valence-electron chi connectivity index (χ0n) is 9.27. The van der Waals surface area contributed by atoms with Crippen molar-refractivity contribution >= 4 is 17.5 Å². The number of Topliss-reactive ketones (excluding diaryl/α,β-unsaturated/α-hetero) is 1. The molecule has 0 amide bonds. The van der Waals surface area contributed by atoms with E-state index in [-0.39, 0.29) is 5.78 Å². The topological polar surface area (TPSA) is 30.0 Å². The molecule has 1 heterocycles. The molecule has 1 aromatic heterocycles. The average Bonchev–Trinajstić information content (AvgIpc) is 2.27. The van der Waals surface area contributed by atoms with Gasteiger partial charge in [0.15, 0.2) is 0 Å². The molecule has 0 radical (unpaired) electrons.